The van der Waals surface area contributed by atoms with Gasteiger partial charge in [0.15, 0.2) is 0 Å². The number of nitrogens with zero attached hydrogens (tertiary/aromatic N) is 1. The Kier molecular flexibility index (Phi) is 3.73. The van der Waals surface area contributed by atoms with Crippen molar-refractivity contribution in [3.05, 3.63) is 24.0 Å². The van der Waals surface area contributed by atoms with E-state index in [0.717, 1.165) is 11.2 Å². The van der Waals surface area contributed by atoms with E-state index in [9.17, 15) is 0 Å². The second-order valence-corrected chi connectivity index (χ2v) is 5.94. The van der Waals surface area contributed by atoms with Gasteiger partial charge >= 0.3 is 7.12 Å². The predicted molar refractivity (Wildman–Crippen MR) is 75.4 cm³/mol. The highest BCUT2D eigenvalue weighted by Crippen LogP contribution is 2.36. The summed E-state index contributed by atoms with van der Waals surface area (Å²) >= 11 is 0. The lowest BCUT2D eigenvalue weighted by Gasteiger charge is -2.32. The molecule has 0 bridgehead atoms. The number of methoxy groups -OCH3 is 1. The van der Waals surface area contributed by atoms with Crippen LogP contribution in [0.4, 0.5) is 0 Å². The van der Waals surface area contributed by atoms with Gasteiger partial charge in [0, 0.05) is 18.8 Å². The van der Waals surface area contributed by atoms with E-state index in [1.807, 2.05) is 46.8 Å². The molecule has 19 heavy (non-hydrogen) atoms. The molecule has 0 aliphatic carbocycles. The smallest absolute Gasteiger partial charge is 0.399 e. The van der Waals surface area contributed by atoms with Crippen LogP contribution in [0.25, 0.3) is 0 Å². The van der Waals surface area contributed by atoms with Crippen molar-refractivity contribution >= 4 is 12.6 Å². The van der Waals surface area contributed by atoms with Crippen molar-refractivity contribution in [1.82, 2.24) is 4.98 Å². The fourth-order valence-corrected chi connectivity index (χ4v) is 2.05. The second kappa shape index (κ2) is 4.89. The van der Waals surface area contributed by atoms with Gasteiger partial charge in [-0.15, -0.1) is 0 Å². The van der Waals surface area contributed by atoms with Crippen molar-refractivity contribution in [2.24, 2.45) is 0 Å². The molecule has 4 nitrogen and oxygen atoms in total. The van der Waals surface area contributed by atoms with Crippen molar-refractivity contribution in [2.45, 2.75) is 51.9 Å². The topological polar surface area (TPSA) is 40.6 Å². The lowest BCUT2D eigenvalue weighted by molar-refractivity contribution is 0.00578. The fraction of sp³-hybridized carbons (Fsp3) is 0.643. The first-order valence-electron chi connectivity index (χ1n) is 6.62. The normalized spacial score (nSPS) is 22.5. The Labute approximate surface area is 115 Å². The standard InChI is InChI=1S/C14H22BNO3/c1-10(17-6)12-11(8-7-9-16-12)15-18-13(2,3)14(4,5)19-15/h7-10H,1-6H3/t10-/m0/s1. The van der Waals surface area contributed by atoms with Crippen molar-refractivity contribution < 1.29 is 14.0 Å². The van der Waals surface area contributed by atoms with Crippen LogP contribution in [-0.2, 0) is 14.0 Å². The van der Waals surface area contributed by atoms with Gasteiger partial charge < -0.3 is 14.0 Å². The Morgan fingerprint density at radius 3 is 2.32 bits per heavy atom. The average Bonchev–Trinajstić information content (AvgIpc) is 2.57. The molecule has 2 heterocycles. The molecule has 5 heteroatoms. The van der Waals surface area contributed by atoms with E-state index < -0.39 is 7.12 Å². The maximum atomic E-state index is 6.07. The van der Waals surface area contributed by atoms with Crippen molar-refractivity contribution in [1.29, 1.82) is 0 Å². The molecular weight excluding hydrogens is 241 g/mol. The van der Waals surface area contributed by atoms with Gasteiger partial charge in [-0.3, -0.25) is 4.98 Å². The Balaban J connectivity index is 2.35. The maximum absolute atomic E-state index is 6.07. The van der Waals surface area contributed by atoms with Crippen LogP contribution in [0.2, 0.25) is 0 Å². The SMILES string of the molecule is CO[C@@H](C)c1ncccc1B1OC(C)(C)C(C)(C)O1. The molecule has 0 radical (unpaired) electrons. The highest BCUT2D eigenvalue weighted by atomic mass is 16.7. The number of aromatic nitrogens is 1. The quantitative estimate of drug-likeness (QED) is 0.783. The fourth-order valence-electron chi connectivity index (χ4n) is 2.05. The van der Waals surface area contributed by atoms with Crippen LogP contribution in [0.5, 0.6) is 0 Å². The summed E-state index contributed by atoms with van der Waals surface area (Å²) in [6.45, 7) is 10.1. The lowest BCUT2D eigenvalue weighted by Crippen LogP contribution is -2.41. The van der Waals surface area contributed by atoms with E-state index in [1.165, 1.54) is 0 Å². The zero-order valence-electron chi connectivity index (χ0n) is 12.6. The summed E-state index contributed by atoms with van der Waals surface area (Å²) in [6.07, 6.45) is 1.68. The first kappa shape index (κ1) is 14.5. The summed E-state index contributed by atoms with van der Waals surface area (Å²) in [5.41, 5.74) is 1.11. The molecule has 0 amide bonds. The van der Waals surface area contributed by atoms with Crippen LogP contribution in [0.1, 0.15) is 46.4 Å². The van der Waals surface area contributed by atoms with Gasteiger partial charge in [0.25, 0.3) is 0 Å². The number of rotatable bonds is 3. The number of hydrogen-bond acceptors (Lipinski definition) is 4. The molecule has 0 saturated carbocycles. The third-order valence-electron chi connectivity index (χ3n) is 4.12. The van der Waals surface area contributed by atoms with Crippen molar-refractivity contribution in [3.63, 3.8) is 0 Å². The van der Waals surface area contributed by atoms with E-state index in [-0.39, 0.29) is 17.3 Å². The summed E-state index contributed by atoms with van der Waals surface area (Å²) in [6, 6.07) is 3.88. The molecule has 1 fully saturated rings. The average molecular weight is 263 g/mol. The largest absolute Gasteiger partial charge is 0.496 e. The summed E-state index contributed by atoms with van der Waals surface area (Å²) in [5.74, 6) is 0. The van der Waals surface area contributed by atoms with E-state index in [2.05, 4.69) is 4.98 Å². The van der Waals surface area contributed by atoms with Crippen LogP contribution in [0, 0.1) is 0 Å². The summed E-state index contributed by atoms with van der Waals surface area (Å²) < 4.78 is 17.5. The van der Waals surface area contributed by atoms with E-state index in [4.69, 9.17) is 14.0 Å². The molecule has 0 aromatic carbocycles. The minimum atomic E-state index is -0.397. The number of ether oxygens (including phenoxy) is 1. The first-order chi connectivity index (χ1) is 8.78. The zero-order valence-corrected chi connectivity index (χ0v) is 12.6. The van der Waals surface area contributed by atoms with Gasteiger partial charge in [-0.2, -0.15) is 0 Å². The summed E-state index contributed by atoms with van der Waals surface area (Å²) in [4.78, 5) is 4.40. The minimum Gasteiger partial charge on any atom is -0.399 e. The van der Waals surface area contributed by atoms with Crippen LogP contribution in [0.15, 0.2) is 18.3 Å². The molecule has 1 aliphatic heterocycles. The second-order valence-electron chi connectivity index (χ2n) is 5.94. The molecule has 1 aliphatic rings. The van der Waals surface area contributed by atoms with Crippen molar-refractivity contribution in [3.8, 4) is 0 Å². The van der Waals surface area contributed by atoms with E-state index in [1.54, 1.807) is 13.3 Å². The Morgan fingerprint density at radius 2 is 1.79 bits per heavy atom. The van der Waals surface area contributed by atoms with E-state index >= 15 is 0 Å². The highest BCUT2D eigenvalue weighted by Gasteiger charge is 2.52. The molecule has 0 N–H and O–H groups in total. The lowest BCUT2D eigenvalue weighted by atomic mass is 9.77. The molecule has 1 aromatic heterocycles. The molecule has 0 unspecified atom stereocenters. The van der Waals surface area contributed by atoms with Gasteiger partial charge in [0.2, 0.25) is 0 Å². The molecule has 1 aromatic rings. The molecule has 1 atom stereocenters. The Morgan fingerprint density at radius 1 is 1.21 bits per heavy atom. The minimum absolute atomic E-state index is 0.0878. The first-order valence-corrected chi connectivity index (χ1v) is 6.62. The molecule has 1 saturated heterocycles. The third kappa shape index (κ3) is 2.55. The van der Waals surface area contributed by atoms with Gasteiger partial charge in [0.1, 0.15) is 0 Å². The van der Waals surface area contributed by atoms with Crippen LogP contribution in [-0.4, -0.2) is 30.4 Å². The Bertz CT molecular complexity index is 446. The molecule has 2 rings (SSSR count). The van der Waals surface area contributed by atoms with Crippen molar-refractivity contribution in [2.75, 3.05) is 7.11 Å². The molecule has 0 spiro atoms. The van der Waals surface area contributed by atoms with Gasteiger partial charge in [-0.05, 0) is 40.7 Å². The third-order valence-corrected chi connectivity index (χ3v) is 4.12. The highest BCUT2D eigenvalue weighted by molar-refractivity contribution is 6.62. The predicted octanol–water partition coefficient (Wildman–Crippen LogP) is 2.09. The zero-order chi connectivity index (χ0) is 14.3. The number of hydrogen-bond donors (Lipinski definition) is 0. The van der Waals surface area contributed by atoms with Gasteiger partial charge in [-0.25, -0.2) is 0 Å². The van der Waals surface area contributed by atoms with Crippen LogP contribution >= 0.6 is 0 Å². The maximum Gasteiger partial charge on any atom is 0.496 e. The molecule has 104 valence electrons. The van der Waals surface area contributed by atoms with Crippen LogP contribution in [0.3, 0.4) is 0 Å². The van der Waals surface area contributed by atoms with E-state index in [0.29, 0.717) is 0 Å². The van der Waals surface area contributed by atoms with Gasteiger partial charge in [0.05, 0.1) is 23.0 Å². The number of pyridine rings is 1. The Hall–Kier alpha value is -0.905. The monoisotopic (exact) mass is 263 g/mol. The summed E-state index contributed by atoms with van der Waals surface area (Å²) in [7, 11) is 1.28. The van der Waals surface area contributed by atoms with Crippen LogP contribution < -0.4 is 5.46 Å². The molecular formula is C14H22BNO3. The summed E-state index contributed by atoms with van der Waals surface area (Å²) in [5, 5.41) is 0. The van der Waals surface area contributed by atoms with Gasteiger partial charge in [-0.1, -0.05) is 6.07 Å².